The van der Waals surface area contributed by atoms with Gasteiger partial charge in [0.2, 0.25) is 0 Å². The van der Waals surface area contributed by atoms with E-state index in [0.717, 1.165) is 22.1 Å². The number of nitrogens with zero attached hydrogens (tertiary/aromatic N) is 3. The van der Waals surface area contributed by atoms with Crippen molar-refractivity contribution in [3.05, 3.63) is 32.5 Å². The third-order valence-corrected chi connectivity index (χ3v) is 4.12. The van der Waals surface area contributed by atoms with Crippen molar-refractivity contribution in [2.45, 2.75) is 12.5 Å². The molecule has 0 amide bonds. The van der Waals surface area contributed by atoms with E-state index < -0.39 is 0 Å². The number of hydrogen-bond acceptors (Lipinski definition) is 4. The van der Waals surface area contributed by atoms with Crippen LogP contribution in [0.3, 0.4) is 0 Å². The number of thiophene rings is 1. The van der Waals surface area contributed by atoms with Crippen molar-refractivity contribution in [2.75, 3.05) is 7.05 Å². The Labute approximate surface area is 114 Å². The van der Waals surface area contributed by atoms with Gasteiger partial charge in [0.05, 0.1) is 8.67 Å². The largest absolute Gasteiger partial charge is 0.313 e. The van der Waals surface area contributed by atoms with Crippen molar-refractivity contribution < 1.29 is 0 Å². The second kappa shape index (κ2) is 5.35. The predicted octanol–water partition coefficient (Wildman–Crippen LogP) is 2.69. The first-order valence-electron chi connectivity index (χ1n) is 5.06. The van der Waals surface area contributed by atoms with Crippen LogP contribution in [-0.2, 0) is 13.5 Å². The molecule has 0 radical (unpaired) electrons. The van der Waals surface area contributed by atoms with Crippen LogP contribution < -0.4 is 5.32 Å². The van der Waals surface area contributed by atoms with E-state index in [1.165, 1.54) is 11.3 Å². The molecule has 0 aliphatic carbocycles. The van der Waals surface area contributed by atoms with Crippen molar-refractivity contribution in [1.82, 2.24) is 20.1 Å². The molecule has 0 fully saturated rings. The van der Waals surface area contributed by atoms with E-state index in [1.54, 1.807) is 11.0 Å². The molecule has 0 aliphatic heterocycles. The number of aromatic nitrogens is 3. The molecule has 17 heavy (non-hydrogen) atoms. The zero-order valence-corrected chi connectivity index (χ0v) is 11.8. The van der Waals surface area contributed by atoms with E-state index >= 15 is 0 Å². The Kier molecular flexibility index (Phi) is 4.04. The van der Waals surface area contributed by atoms with Crippen molar-refractivity contribution in [3.8, 4) is 0 Å². The van der Waals surface area contributed by atoms with Gasteiger partial charge in [-0.05, 0) is 13.1 Å². The van der Waals surface area contributed by atoms with Crippen LogP contribution in [0.1, 0.15) is 17.4 Å². The molecule has 2 heterocycles. The summed E-state index contributed by atoms with van der Waals surface area (Å²) in [4.78, 5) is 4.20. The van der Waals surface area contributed by atoms with E-state index in [9.17, 15) is 0 Å². The van der Waals surface area contributed by atoms with Crippen molar-refractivity contribution in [3.63, 3.8) is 0 Å². The summed E-state index contributed by atoms with van der Waals surface area (Å²) in [7, 11) is 3.76. The summed E-state index contributed by atoms with van der Waals surface area (Å²) in [6, 6.07) is 1.99. The highest BCUT2D eigenvalue weighted by atomic mass is 35.5. The summed E-state index contributed by atoms with van der Waals surface area (Å²) in [5, 5.41) is 7.27. The summed E-state index contributed by atoms with van der Waals surface area (Å²) < 4.78 is 3.17. The maximum absolute atomic E-state index is 6.15. The van der Waals surface area contributed by atoms with E-state index in [4.69, 9.17) is 23.2 Å². The second-order valence-corrected chi connectivity index (χ2v) is 5.91. The Bertz CT molecular complexity index is 508. The average Bonchev–Trinajstić information content (AvgIpc) is 2.82. The minimum Gasteiger partial charge on any atom is -0.313 e. The van der Waals surface area contributed by atoms with Gasteiger partial charge in [-0.15, -0.1) is 11.3 Å². The van der Waals surface area contributed by atoms with Gasteiger partial charge in [0.15, 0.2) is 0 Å². The quantitative estimate of drug-likeness (QED) is 0.941. The summed E-state index contributed by atoms with van der Waals surface area (Å²) >= 11 is 13.5. The summed E-state index contributed by atoms with van der Waals surface area (Å²) in [5.41, 5.74) is 1.01. The lowest BCUT2D eigenvalue weighted by Crippen LogP contribution is -2.20. The zero-order chi connectivity index (χ0) is 12.4. The summed E-state index contributed by atoms with van der Waals surface area (Å²) in [6.07, 6.45) is 2.27. The molecular formula is C10H12Cl2N4S. The average molecular weight is 291 g/mol. The van der Waals surface area contributed by atoms with Crippen LogP contribution >= 0.6 is 34.5 Å². The molecule has 2 aromatic heterocycles. The molecule has 1 unspecified atom stereocenters. The first-order valence-corrected chi connectivity index (χ1v) is 6.64. The summed E-state index contributed by atoms with van der Waals surface area (Å²) in [6.45, 7) is 0. The molecule has 1 atom stereocenters. The van der Waals surface area contributed by atoms with Crippen LogP contribution in [0, 0.1) is 0 Å². The van der Waals surface area contributed by atoms with Gasteiger partial charge >= 0.3 is 0 Å². The third-order valence-electron chi connectivity index (χ3n) is 2.60. The van der Waals surface area contributed by atoms with Crippen LogP contribution in [0.2, 0.25) is 8.67 Å². The molecule has 92 valence electrons. The second-order valence-electron chi connectivity index (χ2n) is 3.62. The molecule has 0 saturated carbocycles. The molecule has 0 spiro atoms. The monoisotopic (exact) mass is 290 g/mol. The standard InChI is InChI=1S/C10H12Cl2N4S/c1-13-7(4-9-14-5-15-16(9)2)6-3-8(11)17-10(6)12/h3,5,7,13H,4H2,1-2H3. The van der Waals surface area contributed by atoms with Crippen molar-refractivity contribution in [1.29, 1.82) is 0 Å². The Morgan fingerprint density at radius 1 is 1.53 bits per heavy atom. The molecule has 7 heteroatoms. The maximum atomic E-state index is 6.15. The van der Waals surface area contributed by atoms with Gasteiger partial charge < -0.3 is 5.32 Å². The molecule has 0 aromatic carbocycles. The van der Waals surface area contributed by atoms with Gasteiger partial charge in [-0.1, -0.05) is 23.2 Å². The number of rotatable bonds is 4. The molecule has 0 saturated heterocycles. The topological polar surface area (TPSA) is 42.7 Å². The first kappa shape index (κ1) is 12.8. The van der Waals surface area contributed by atoms with Crippen LogP contribution in [-0.4, -0.2) is 21.8 Å². The summed E-state index contributed by atoms with van der Waals surface area (Å²) in [5.74, 6) is 0.905. The molecule has 0 aliphatic rings. The van der Waals surface area contributed by atoms with Crippen molar-refractivity contribution in [2.24, 2.45) is 7.05 Å². The molecular weight excluding hydrogens is 279 g/mol. The fraction of sp³-hybridized carbons (Fsp3) is 0.400. The molecule has 2 rings (SSSR count). The lowest BCUT2D eigenvalue weighted by atomic mass is 10.1. The van der Waals surface area contributed by atoms with Crippen molar-refractivity contribution >= 4 is 34.5 Å². The number of likely N-dealkylation sites (N-methyl/N-ethyl adjacent to an activating group) is 1. The van der Waals surface area contributed by atoms with E-state index in [1.807, 2.05) is 20.2 Å². The minimum atomic E-state index is 0.0918. The highest BCUT2D eigenvalue weighted by Crippen LogP contribution is 2.35. The lowest BCUT2D eigenvalue weighted by molar-refractivity contribution is 0.555. The van der Waals surface area contributed by atoms with Gasteiger partial charge in [-0.2, -0.15) is 5.10 Å². The molecule has 4 nitrogen and oxygen atoms in total. The van der Waals surface area contributed by atoms with Gasteiger partial charge in [0.25, 0.3) is 0 Å². The number of aryl methyl sites for hydroxylation is 1. The Morgan fingerprint density at radius 2 is 2.29 bits per heavy atom. The van der Waals surface area contributed by atoms with E-state index in [-0.39, 0.29) is 6.04 Å². The Balaban J connectivity index is 2.23. The SMILES string of the molecule is CNC(Cc1ncnn1C)c1cc(Cl)sc1Cl. The fourth-order valence-electron chi connectivity index (χ4n) is 1.65. The lowest BCUT2D eigenvalue weighted by Gasteiger charge is -2.14. The smallest absolute Gasteiger partial charge is 0.138 e. The first-order chi connectivity index (χ1) is 8.11. The fourth-order valence-corrected chi connectivity index (χ4v) is 3.22. The minimum absolute atomic E-state index is 0.0918. The number of halogens is 2. The van der Waals surface area contributed by atoms with Crippen LogP contribution in [0.15, 0.2) is 12.4 Å². The van der Waals surface area contributed by atoms with E-state index in [2.05, 4.69) is 15.4 Å². The zero-order valence-electron chi connectivity index (χ0n) is 9.44. The van der Waals surface area contributed by atoms with Gasteiger partial charge in [0.1, 0.15) is 12.2 Å². The Hall–Kier alpha value is -0.620. The number of hydrogen-bond donors (Lipinski definition) is 1. The maximum Gasteiger partial charge on any atom is 0.138 e. The Morgan fingerprint density at radius 3 is 2.76 bits per heavy atom. The molecule has 0 bridgehead atoms. The predicted molar refractivity (Wildman–Crippen MR) is 70.8 cm³/mol. The normalized spacial score (nSPS) is 12.9. The van der Waals surface area contributed by atoms with Crippen LogP contribution in [0.4, 0.5) is 0 Å². The van der Waals surface area contributed by atoms with E-state index in [0.29, 0.717) is 4.34 Å². The third kappa shape index (κ3) is 2.80. The van der Waals surface area contributed by atoms with Gasteiger partial charge in [-0.25, -0.2) is 4.98 Å². The number of nitrogens with one attached hydrogen (secondary N) is 1. The highest BCUT2D eigenvalue weighted by molar-refractivity contribution is 7.20. The molecule has 2 aromatic rings. The van der Waals surface area contributed by atoms with Gasteiger partial charge in [0, 0.05) is 25.1 Å². The highest BCUT2D eigenvalue weighted by Gasteiger charge is 2.18. The van der Waals surface area contributed by atoms with Crippen LogP contribution in [0.5, 0.6) is 0 Å². The van der Waals surface area contributed by atoms with Crippen LogP contribution in [0.25, 0.3) is 0 Å². The molecule has 1 N–H and O–H groups in total. The van der Waals surface area contributed by atoms with Gasteiger partial charge in [-0.3, -0.25) is 4.68 Å².